The van der Waals surface area contributed by atoms with Crippen LogP contribution in [0.25, 0.3) is 21.6 Å². The summed E-state index contributed by atoms with van der Waals surface area (Å²) >= 11 is 1.40. The lowest BCUT2D eigenvalue weighted by atomic mass is 10.0. The van der Waals surface area contributed by atoms with Gasteiger partial charge in [-0.15, -0.1) is 11.3 Å². The van der Waals surface area contributed by atoms with Crippen molar-refractivity contribution in [3.63, 3.8) is 0 Å². The second-order valence-electron chi connectivity index (χ2n) is 11.1. The lowest BCUT2D eigenvalue weighted by Gasteiger charge is -2.29. The third-order valence-corrected chi connectivity index (χ3v) is 9.40. The summed E-state index contributed by atoms with van der Waals surface area (Å²) in [7, 11) is 2.11. The fourth-order valence-corrected chi connectivity index (χ4v) is 7.14. The molecule has 5 heterocycles. The summed E-state index contributed by atoms with van der Waals surface area (Å²) in [4.78, 5) is 42.4. The van der Waals surface area contributed by atoms with E-state index in [2.05, 4.69) is 37.5 Å². The molecule has 0 bridgehead atoms. The molecule has 0 spiro atoms. The molecule has 1 saturated carbocycles. The van der Waals surface area contributed by atoms with E-state index >= 15 is 0 Å². The Kier molecular flexibility index (Phi) is 6.83. The van der Waals surface area contributed by atoms with Crippen molar-refractivity contribution in [3.8, 4) is 10.6 Å². The van der Waals surface area contributed by atoms with E-state index in [0.717, 1.165) is 66.1 Å². The molecule has 3 fully saturated rings. The Bertz CT molecular complexity index is 1320. The predicted octanol–water partition coefficient (Wildman–Crippen LogP) is 2.54. The van der Waals surface area contributed by atoms with Gasteiger partial charge in [-0.3, -0.25) is 9.59 Å². The molecule has 6 rings (SSSR count). The zero-order chi connectivity index (χ0) is 26.4. The summed E-state index contributed by atoms with van der Waals surface area (Å²) < 4.78 is 0. The molecule has 4 N–H and O–H groups in total. The molecule has 202 valence electrons. The topological polar surface area (TPSA) is 126 Å². The van der Waals surface area contributed by atoms with E-state index in [1.807, 2.05) is 23.4 Å². The number of carbonyl (C=O) groups excluding carboxylic acids is 2. The first-order valence-electron chi connectivity index (χ1n) is 13.5. The molecular formula is C27H35N7O3S. The minimum Gasteiger partial charge on any atom is -0.384 e. The van der Waals surface area contributed by atoms with Crippen LogP contribution in [0.2, 0.25) is 0 Å². The van der Waals surface area contributed by atoms with Crippen LogP contribution in [0.1, 0.15) is 42.3 Å². The van der Waals surface area contributed by atoms with E-state index in [-0.39, 0.29) is 23.9 Å². The van der Waals surface area contributed by atoms with Crippen molar-refractivity contribution in [2.75, 3.05) is 38.5 Å². The Hall–Kier alpha value is -3.02. The van der Waals surface area contributed by atoms with Crippen LogP contribution in [0.15, 0.2) is 24.7 Å². The quantitative estimate of drug-likeness (QED) is 0.381. The molecule has 1 unspecified atom stereocenters. The Morgan fingerprint density at radius 1 is 1.13 bits per heavy atom. The highest BCUT2D eigenvalue weighted by Gasteiger charge is 2.43. The highest BCUT2D eigenvalue weighted by molar-refractivity contribution is 7.17. The average molecular weight is 538 g/mol. The monoisotopic (exact) mass is 537 g/mol. The molecular weight excluding hydrogens is 502 g/mol. The number of thiazole rings is 1. The summed E-state index contributed by atoms with van der Waals surface area (Å²) in [5.41, 5.74) is 2.68. The Labute approximate surface area is 225 Å². The third kappa shape index (κ3) is 4.90. The van der Waals surface area contributed by atoms with Crippen molar-refractivity contribution in [1.82, 2.24) is 30.1 Å². The van der Waals surface area contributed by atoms with Crippen molar-refractivity contribution in [2.45, 2.75) is 50.8 Å². The number of rotatable bonds is 6. The number of pyridine rings is 1. The van der Waals surface area contributed by atoms with Gasteiger partial charge in [-0.25, -0.2) is 9.97 Å². The maximum atomic E-state index is 13.0. The number of nitrogens with zero attached hydrogens (tertiary/aromatic N) is 4. The summed E-state index contributed by atoms with van der Waals surface area (Å²) in [6.07, 6.45) is 8.29. The maximum Gasteiger partial charge on any atom is 0.263 e. The summed E-state index contributed by atoms with van der Waals surface area (Å²) in [5.74, 6) is 0.621. The molecule has 4 atom stereocenters. The third-order valence-electron chi connectivity index (χ3n) is 8.37. The van der Waals surface area contributed by atoms with Crippen LogP contribution in [0.3, 0.4) is 0 Å². The van der Waals surface area contributed by atoms with Gasteiger partial charge >= 0.3 is 0 Å². The van der Waals surface area contributed by atoms with Crippen LogP contribution in [0, 0.1) is 11.8 Å². The van der Waals surface area contributed by atoms with Crippen molar-refractivity contribution in [1.29, 1.82) is 0 Å². The Morgan fingerprint density at radius 2 is 1.87 bits per heavy atom. The minimum absolute atomic E-state index is 0.0617. The van der Waals surface area contributed by atoms with Crippen LogP contribution in [0.4, 0.5) is 5.69 Å². The van der Waals surface area contributed by atoms with Crippen molar-refractivity contribution >= 4 is 39.9 Å². The highest BCUT2D eigenvalue weighted by Crippen LogP contribution is 2.42. The molecule has 11 heteroatoms. The van der Waals surface area contributed by atoms with Crippen LogP contribution < -0.4 is 10.6 Å². The first-order chi connectivity index (χ1) is 18.4. The van der Waals surface area contributed by atoms with Gasteiger partial charge in [0.25, 0.3) is 11.8 Å². The average Bonchev–Trinajstić information content (AvgIpc) is 3.68. The van der Waals surface area contributed by atoms with Crippen LogP contribution in [-0.2, 0) is 4.79 Å². The van der Waals surface area contributed by atoms with Crippen molar-refractivity contribution in [3.05, 3.63) is 29.5 Å². The molecule has 0 radical (unpaired) electrons. The number of amides is 2. The molecule has 3 aromatic rings. The van der Waals surface area contributed by atoms with E-state index in [0.29, 0.717) is 29.8 Å². The molecule has 10 nitrogen and oxygen atoms in total. The molecule has 2 amide bonds. The van der Waals surface area contributed by atoms with Crippen molar-refractivity contribution in [2.24, 2.45) is 11.8 Å². The van der Waals surface area contributed by atoms with Gasteiger partial charge in [0.05, 0.1) is 17.4 Å². The first-order valence-corrected chi connectivity index (χ1v) is 14.3. The molecule has 1 aliphatic carbocycles. The fraction of sp³-hybridized carbons (Fsp3) is 0.556. The zero-order valence-electron chi connectivity index (χ0n) is 21.8. The molecule has 3 aliphatic rings. The van der Waals surface area contributed by atoms with Crippen LogP contribution >= 0.6 is 11.3 Å². The van der Waals surface area contributed by atoms with E-state index in [1.165, 1.54) is 18.3 Å². The van der Waals surface area contributed by atoms with Gasteiger partial charge in [-0.2, -0.15) is 0 Å². The minimum atomic E-state index is -0.946. The number of fused-ring (bicyclic) bond motifs is 2. The van der Waals surface area contributed by atoms with Gasteiger partial charge < -0.3 is 30.5 Å². The number of hydrogen-bond acceptors (Lipinski definition) is 8. The van der Waals surface area contributed by atoms with Gasteiger partial charge in [0.15, 0.2) is 0 Å². The normalized spacial score (nSPS) is 25.0. The Balaban J connectivity index is 1.18. The van der Waals surface area contributed by atoms with Crippen molar-refractivity contribution < 1.29 is 14.7 Å². The summed E-state index contributed by atoms with van der Waals surface area (Å²) in [6.45, 7) is 4.94. The number of H-pyrrole nitrogens is 1. The predicted molar refractivity (Wildman–Crippen MR) is 147 cm³/mol. The summed E-state index contributed by atoms with van der Waals surface area (Å²) in [5, 5.41) is 18.4. The number of anilines is 1. The first kappa shape index (κ1) is 25.3. The molecule has 3 aromatic heterocycles. The highest BCUT2D eigenvalue weighted by atomic mass is 32.1. The van der Waals surface area contributed by atoms with Gasteiger partial charge in [-0.05, 0) is 70.6 Å². The standard InChI is InChI=1S/C27H35N7O3S/c1-15(35)27(37)34-13-16-9-19(10-17(16)14-34)31-23-20-3-6-28-24(20)29-11-21(23)26-30-12-22(38-26)25(36)32-18-4-7-33(2)8-5-18/h3,6,11-12,15-19,35H,4-5,7-10,13-14H2,1-2H3,(H,32,36)(H2,28,29,31)/t15-,16-,17+,19?/m0/s1. The number of aromatic nitrogens is 3. The SMILES string of the molecule is C[C@H](O)C(=O)N1C[C@H]2CC(Nc3c(-c4ncc(C(=O)NC5CCN(C)CC5)s4)cnc4[nH]ccc34)C[C@H]2C1. The molecule has 38 heavy (non-hydrogen) atoms. The van der Waals surface area contributed by atoms with Gasteiger partial charge in [0, 0.05) is 43.0 Å². The van der Waals surface area contributed by atoms with Gasteiger partial charge in [0.2, 0.25) is 0 Å². The largest absolute Gasteiger partial charge is 0.384 e. The molecule has 0 aromatic carbocycles. The number of piperidine rings is 1. The lowest BCUT2D eigenvalue weighted by molar-refractivity contribution is -0.138. The zero-order valence-corrected chi connectivity index (χ0v) is 22.6. The number of carbonyl (C=O) groups is 2. The smallest absolute Gasteiger partial charge is 0.263 e. The lowest BCUT2D eigenvalue weighted by Crippen LogP contribution is -2.43. The number of aliphatic hydroxyl groups is 1. The second-order valence-corrected chi connectivity index (χ2v) is 12.2. The van der Waals surface area contributed by atoms with Gasteiger partial charge in [-0.1, -0.05) is 0 Å². The number of aromatic amines is 1. The van der Waals surface area contributed by atoms with E-state index < -0.39 is 6.10 Å². The van der Waals surface area contributed by atoms with E-state index in [1.54, 1.807) is 6.20 Å². The van der Waals surface area contributed by atoms with Crippen LogP contribution in [-0.4, -0.2) is 93.1 Å². The number of likely N-dealkylation sites (tertiary alicyclic amines) is 2. The van der Waals surface area contributed by atoms with Gasteiger partial charge in [0.1, 0.15) is 21.6 Å². The van der Waals surface area contributed by atoms with E-state index in [9.17, 15) is 14.7 Å². The molecule has 2 saturated heterocycles. The fourth-order valence-electron chi connectivity index (χ4n) is 6.30. The maximum absolute atomic E-state index is 13.0. The number of hydrogen-bond donors (Lipinski definition) is 4. The second kappa shape index (κ2) is 10.3. The molecule has 2 aliphatic heterocycles. The van der Waals surface area contributed by atoms with Crippen LogP contribution in [0.5, 0.6) is 0 Å². The number of nitrogens with one attached hydrogen (secondary N) is 3. The Morgan fingerprint density at radius 3 is 2.58 bits per heavy atom. The summed E-state index contributed by atoms with van der Waals surface area (Å²) in [6, 6.07) is 2.49. The number of aliphatic hydroxyl groups excluding tert-OH is 1. The van der Waals surface area contributed by atoms with E-state index in [4.69, 9.17) is 0 Å².